The van der Waals surface area contributed by atoms with Crippen LogP contribution >= 0.6 is 12.2 Å². The first-order chi connectivity index (χ1) is 14.5. The van der Waals surface area contributed by atoms with Crippen molar-refractivity contribution in [3.63, 3.8) is 0 Å². The molecule has 0 radical (unpaired) electrons. The summed E-state index contributed by atoms with van der Waals surface area (Å²) in [4.78, 5) is 16.8. The summed E-state index contributed by atoms with van der Waals surface area (Å²) in [5, 5.41) is 5.99. The van der Waals surface area contributed by atoms with E-state index >= 15 is 0 Å². The molecule has 6 nitrogen and oxygen atoms in total. The number of carbonyl (C=O) groups excluding carboxylic acids is 1. The molecule has 0 atom stereocenters. The maximum Gasteiger partial charge on any atom is 0.257 e. The highest BCUT2D eigenvalue weighted by atomic mass is 32.1. The lowest BCUT2D eigenvalue weighted by molar-refractivity contribution is 0.0977. The summed E-state index contributed by atoms with van der Waals surface area (Å²) in [6.07, 6.45) is 0. The van der Waals surface area contributed by atoms with Gasteiger partial charge >= 0.3 is 0 Å². The number of benzene rings is 3. The number of hydrogen-bond donors (Lipinski definition) is 2. The van der Waals surface area contributed by atoms with Crippen molar-refractivity contribution in [2.24, 2.45) is 0 Å². The van der Waals surface area contributed by atoms with Crippen molar-refractivity contribution < 1.29 is 13.9 Å². The summed E-state index contributed by atoms with van der Waals surface area (Å²) in [5.74, 6) is 0.934. The summed E-state index contributed by atoms with van der Waals surface area (Å²) in [6, 6.07) is 20.1. The van der Waals surface area contributed by atoms with Crippen LogP contribution in [-0.4, -0.2) is 23.1 Å². The molecule has 0 saturated heterocycles. The van der Waals surface area contributed by atoms with Gasteiger partial charge < -0.3 is 14.5 Å². The predicted molar refractivity (Wildman–Crippen MR) is 121 cm³/mol. The highest BCUT2D eigenvalue weighted by Crippen LogP contribution is 2.29. The van der Waals surface area contributed by atoms with Crippen LogP contribution in [-0.2, 0) is 0 Å². The Morgan fingerprint density at radius 1 is 1.07 bits per heavy atom. The highest BCUT2D eigenvalue weighted by Gasteiger charge is 2.13. The fourth-order valence-electron chi connectivity index (χ4n) is 2.97. The molecule has 0 unspecified atom stereocenters. The normalized spacial score (nSPS) is 10.6. The third kappa shape index (κ3) is 4.16. The lowest BCUT2D eigenvalue weighted by Crippen LogP contribution is -2.34. The van der Waals surface area contributed by atoms with E-state index in [0.717, 1.165) is 16.8 Å². The minimum absolute atomic E-state index is 0.214. The number of methoxy groups -OCH3 is 1. The first-order valence-corrected chi connectivity index (χ1v) is 9.67. The van der Waals surface area contributed by atoms with Crippen molar-refractivity contribution in [3.05, 3.63) is 77.9 Å². The number of ether oxygens (including phenoxy) is 1. The first-order valence-electron chi connectivity index (χ1n) is 9.26. The summed E-state index contributed by atoms with van der Waals surface area (Å²) >= 11 is 5.32. The maximum absolute atomic E-state index is 12.3. The van der Waals surface area contributed by atoms with E-state index in [2.05, 4.69) is 15.6 Å². The van der Waals surface area contributed by atoms with E-state index in [0.29, 0.717) is 28.3 Å². The van der Waals surface area contributed by atoms with Gasteiger partial charge in [-0.1, -0.05) is 24.3 Å². The standard InChI is InChI=1S/C23H19N3O3S/c1-14-8-9-16(22-24-19-13-17(28-2)10-11-20(19)29-22)12-18(14)25-23(30)26-21(27)15-6-4-3-5-7-15/h3-13H,1-2H3,(H2,25,26,27,30). The monoisotopic (exact) mass is 417 g/mol. The lowest BCUT2D eigenvalue weighted by Gasteiger charge is -2.12. The van der Waals surface area contributed by atoms with Gasteiger partial charge in [0, 0.05) is 22.9 Å². The first kappa shape index (κ1) is 19.6. The second-order valence-corrected chi connectivity index (χ2v) is 7.06. The zero-order valence-corrected chi connectivity index (χ0v) is 17.2. The van der Waals surface area contributed by atoms with Gasteiger partial charge in [0.2, 0.25) is 5.89 Å². The smallest absolute Gasteiger partial charge is 0.257 e. The number of amides is 1. The van der Waals surface area contributed by atoms with Crippen LogP contribution in [0, 0.1) is 6.92 Å². The van der Waals surface area contributed by atoms with E-state index in [4.69, 9.17) is 21.4 Å². The molecular weight excluding hydrogens is 398 g/mol. The number of anilines is 1. The Labute approximate surface area is 178 Å². The Bertz CT molecular complexity index is 1240. The Kier molecular flexibility index (Phi) is 5.45. The van der Waals surface area contributed by atoms with Crippen molar-refractivity contribution in [1.29, 1.82) is 0 Å². The van der Waals surface area contributed by atoms with Gasteiger partial charge in [-0.25, -0.2) is 4.98 Å². The fourth-order valence-corrected chi connectivity index (χ4v) is 3.17. The number of carbonyl (C=O) groups is 1. The summed E-state index contributed by atoms with van der Waals surface area (Å²) in [7, 11) is 1.61. The van der Waals surface area contributed by atoms with E-state index in [1.165, 1.54) is 0 Å². The number of rotatable bonds is 4. The van der Waals surface area contributed by atoms with Gasteiger partial charge in [-0.2, -0.15) is 0 Å². The highest BCUT2D eigenvalue weighted by molar-refractivity contribution is 7.80. The van der Waals surface area contributed by atoms with Gasteiger partial charge in [0.25, 0.3) is 5.91 Å². The topological polar surface area (TPSA) is 76.4 Å². The molecule has 30 heavy (non-hydrogen) atoms. The molecule has 3 aromatic carbocycles. The molecule has 0 bridgehead atoms. The van der Waals surface area contributed by atoms with E-state index in [-0.39, 0.29) is 11.0 Å². The number of nitrogens with zero attached hydrogens (tertiary/aromatic N) is 1. The predicted octanol–water partition coefficient (Wildman–Crippen LogP) is 4.94. The molecule has 0 spiro atoms. The number of aryl methyl sites for hydroxylation is 1. The molecule has 1 amide bonds. The Balaban J connectivity index is 1.54. The number of nitrogens with one attached hydrogen (secondary N) is 2. The number of aromatic nitrogens is 1. The van der Waals surface area contributed by atoms with Gasteiger partial charge in [0.15, 0.2) is 10.7 Å². The van der Waals surface area contributed by atoms with Crippen LogP contribution in [0.15, 0.2) is 71.1 Å². The molecule has 1 aromatic heterocycles. The van der Waals surface area contributed by atoms with E-state index in [1.54, 1.807) is 31.4 Å². The fraction of sp³-hybridized carbons (Fsp3) is 0.0870. The molecule has 7 heteroatoms. The molecule has 0 aliphatic rings. The van der Waals surface area contributed by atoms with Crippen molar-refractivity contribution in [3.8, 4) is 17.2 Å². The van der Waals surface area contributed by atoms with E-state index in [9.17, 15) is 4.79 Å². The summed E-state index contributed by atoms with van der Waals surface area (Å²) < 4.78 is 11.1. The van der Waals surface area contributed by atoms with Crippen LogP contribution in [0.3, 0.4) is 0 Å². The molecule has 4 aromatic rings. The minimum Gasteiger partial charge on any atom is -0.497 e. The van der Waals surface area contributed by atoms with Crippen LogP contribution in [0.5, 0.6) is 5.75 Å². The van der Waals surface area contributed by atoms with Gasteiger partial charge in [0.1, 0.15) is 11.3 Å². The van der Waals surface area contributed by atoms with Crippen LogP contribution in [0.4, 0.5) is 5.69 Å². The van der Waals surface area contributed by atoms with Crippen LogP contribution in [0.25, 0.3) is 22.6 Å². The van der Waals surface area contributed by atoms with Crippen LogP contribution in [0.1, 0.15) is 15.9 Å². The number of hydrogen-bond acceptors (Lipinski definition) is 5. The average Bonchev–Trinajstić information content (AvgIpc) is 3.19. The molecule has 0 aliphatic carbocycles. The third-order valence-electron chi connectivity index (χ3n) is 4.59. The van der Waals surface area contributed by atoms with Gasteiger partial charge in [-0.15, -0.1) is 0 Å². The summed E-state index contributed by atoms with van der Waals surface area (Å²) in [5.41, 5.74) is 4.43. The van der Waals surface area contributed by atoms with Crippen LogP contribution in [0.2, 0.25) is 0 Å². The molecular formula is C23H19N3O3S. The van der Waals surface area contributed by atoms with Crippen molar-refractivity contribution >= 4 is 40.0 Å². The van der Waals surface area contributed by atoms with Crippen molar-refractivity contribution in [2.75, 3.05) is 12.4 Å². The van der Waals surface area contributed by atoms with E-state index < -0.39 is 0 Å². The van der Waals surface area contributed by atoms with Gasteiger partial charge in [0.05, 0.1) is 7.11 Å². The third-order valence-corrected chi connectivity index (χ3v) is 4.79. The second kappa shape index (κ2) is 8.34. The number of fused-ring (bicyclic) bond motifs is 1. The molecule has 0 saturated carbocycles. The summed E-state index contributed by atoms with van der Waals surface area (Å²) in [6.45, 7) is 1.95. The van der Waals surface area contributed by atoms with Crippen molar-refractivity contribution in [2.45, 2.75) is 6.92 Å². The number of oxazole rings is 1. The van der Waals surface area contributed by atoms with E-state index in [1.807, 2.05) is 49.4 Å². The van der Waals surface area contributed by atoms with Crippen LogP contribution < -0.4 is 15.4 Å². The quantitative estimate of drug-likeness (QED) is 0.458. The zero-order chi connectivity index (χ0) is 21.1. The lowest BCUT2D eigenvalue weighted by atomic mass is 10.1. The largest absolute Gasteiger partial charge is 0.497 e. The Hall–Kier alpha value is -3.71. The molecule has 4 rings (SSSR count). The minimum atomic E-state index is -0.269. The zero-order valence-electron chi connectivity index (χ0n) is 16.4. The number of thiocarbonyl (C=S) groups is 1. The molecule has 1 heterocycles. The Morgan fingerprint density at radius 3 is 2.63 bits per heavy atom. The maximum atomic E-state index is 12.3. The molecule has 0 fully saturated rings. The average molecular weight is 417 g/mol. The van der Waals surface area contributed by atoms with Gasteiger partial charge in [-0.05, 0) is 61.1 Å². The van der Waals surface area contributed by atoms with Gasteiger partial charge in [-0.3, -0.25) is 10.1 Å². The second-order valence-electron chi connectivity index (χ2n) is 6.66. The SMILES string of the molecule is COc1ccc2oc(-c3ccc(C)c(NC(=S)NC(=O)c4ccccc4)c3)nc2c1. The molecule has 0 aliphatic heterocycles. The Morgan fingerprint density at radius 2 is 1.87 bits per heavy atom. The van der Waals surface area contributed by atoms with Crippen molar-refractivity contribution in [1.82, 2.24) is 10.3 Å². The molecule has 150 valence electrons. The molecule has 2 N–H and O–H groups in total.